The largest absolute Gasteiger partial charge is 0.456 e. The molecule has 0 saturated carbocycles. The topological polar surface area (TPSA) is 139 Å². The lowest BCUT2D eigenvalue weighted by Crippen LogP contribution is -2.24. The average Bonchev–Trinajstić information content (AvgIpc) is 3.41. The second kappa shape index (κ2) is 18.1. The molecule has 0 fully saturated rings. The summed E-state index contributed by atoms with van der Waals surface area (Å²) in [6.07, 6.45) is 6.58. The number of hydrogen-bond acceptors (Lipinski definition) is 10. The van der Waals surface area contributed by atoms with Crippen LogP contribution in [0, 0.1) is 0 Å². The van der Waals surface area contributed by atoms with Crippen LogP contribution in [0.5, 0.6) is 23.0 Å². The van der Waals surface area contributed by atoms with Gasteiger partial charge in [0.2, 0.25) is 0 Å². The first-order chi connectivity index (χ1) is 33.2. The van der Waals surface area contributed by atoms with Crippen molar-refractivity contribution in [2.45, 2.75) is 0 Å². The Morgan fingerprint density at radius 3 is 1.04 bits per heavy atom. The molecule has 0 aromatic heterocycles. The third kappa shape index (κ3) is 8.56. The van der Waals surface area contributed by atoms with Gasteiger partial charge < -0.3 is 18.9 Å². The minimum absolute atomic E-state index is 0.0995. The Bertz CT molecular complexity index is 3160. The van der Waals surface area contributed by atoms with E-state index < -0.39 is 35.0 Å². The van der Waals surface area contributed by atoms with Gasteiger partial charge in [0.25, 0.3) is 0 Å². The first-order valence-electron chi connectivity index (χ1n) is 21.4. The van der Waals surface area contributed by atoms with Gasteiger partial charge >= 0.3 is 23.9 Å². The Labute approximate surface area is 389 Å². The Morgan fingerprint density at radius 2 is 0.676 bits per heavy atom. The van der Waals surface area contributed by atoms with Crippen LogP contribution in [-0.2, 0) is 9.47 Å². The second-order valence-electron chi connectivity index (χ2n) is 15.7. The van der Waals surface area contributed by atoms with Gasteiger partial charge in [0.05, 0.1) is 11.1 Å². The fraction of sp³-hybridized carbons (Fsp3) is 0. The highest BCUT2D eigenvalue weighted by Gasteiger charge is 2.39. The highest BCUT2D eigenvalue weighted by atomic mass is 16.6. The molecule has 0 aliphatic carbocycles. The van der Waals surface area contributed by atoms with Gasteiger partial charge in [0.15, 0.2) is 23.1 Å². The molecule has 2 heterocycles. The summed E-state index contributed by atoms with van der Waals surface area (Å²) in [5.74, 6) is -4.62. The van der Waals surface area contributed by atoms with Crippen LogP contribution in [0.4, 0.5) is 0 Å². The number of esters is 4. The van der Waals surface area contributed by atoms with Crippen LogP contribution in [0.15, 0.2) is 194 Å². The maximum absolute atomic E-state index is 14.0. The van der Waals surface area contributed by atoms with Crippen LogP contribution >= 0.6 is 0 Å². The predicted molar refractivity (Wildman–Crippen MR) is 255 cm³/mol. The highest BCUT2D eigenvalue weighted by molar-refractivity contribution is 6.19. The van der Waals surface area contributed by atoms with E-state index in [1.165, 1.54) is 36.4 Å². The van der Waals surface area contributed by atoms with Crippen molar-refractivity contribution in [3.05, 3.63) is 239 Å². The van der Waals surface area contributed by atoms with Crippen molar-refractivity contribution in [1.82, 2.24) is 0 Å². The molecular weight excluding hydrogens is 857 g/mol. The number of allylic oxidation sites excluding steroid dienone is 2. The second-order valence-corrected chi connectivity index (χ2v) is 15.7. The zero-order valence-electron chi connectivity index (χ0n) is 35.7. The predicted octanol–water partition coefficient (Wildman–Crippen LogP) is 12.7. The molecule has 2 aliphatic heterocycles. The number of hydrogen-bond donors (Lipinski definition) is 0. The molecule has 0 N–H and O–H groups in total. The van der Waals surface area contributed by atoms with E-state index in [1.54, 1.807) is 60.7 Å². The summed E-state index contributed by atoms with van der Waals surface area (Å²) < 4.78 is 23.6. The standard InChI is InChI=1S/C58H34O10/c59-49(41-7-3-1-4-8-41)33-15-35-11-17-37(18-12-35)39-21-25-43(26-22-39)65-53-45-29-31-47-51(53)57(63)68-58(64)52-48(56(62)67-55(47)61)32-30-46(45)54(52)66-44-27-23-40(24-28-44)38-19-13-36(14-20-38)16-34-50(60)42-9-5-2-6-10-42/h1-34H. The van der Waals surface area contributed by atoms with Gasteiger partial charge in [0, 0.05) is 22.3 Å². The summed E-state index contributed by atoms with van der Waals surface area (Å²) in [6.45, 7) is 0. The monoisotopic (exact) mass is 890 g/mol. The van der Waals surface area contributed by atoms with Crippen molar-refractivity contribution >= 4 is 47.6 Å². The van der Waals surface area contributed by atoms with Crippen molar-refractivity contribution in [3.8, 4) is 56.4 Å². The lowest BCUT2D eigenvalue weighted by atomic mass is 9.94. The number of cyclic esters (lactones) is 2. The number of benzene rings is 8. The molecule has 8 aromatic carbocycles. The van der Waals surface area contributed by atoms with E-state index >= 15 is 0 Å². The van der Waals surface area contributed by atoms with Gasteiger partial charge in [-0.25, -0.2) is 19.2 Å². The van der Waals surface area contributed by atoms with Gasteiger partial charge in [-0.15, -0.1) is 0 Å². The fourth-order valence-electron chi connectivity index (χ4n) is 7.91. The van der Waals surface area contributed by atoms with E-state index in [4.69, 9.17) is 18.9 Å². The molecule has 0 saturated heterocycles. The molecule has 8 aromatic rings. The third-order valence-electron chi connectivity index (χ3n) is 11.4. The summed E-state index contributed by atoms with van der Waals surface area (Å²) >= 11 is 0. The normalized spacial score (nSPS) is 12.8. The maximum Gasteiger partial charge on any atom is 0.350 e. The van der Waals surface area contributed by atoms with Crippen LogP contribution in [0.1, 0.15) is 73.3 Å². The Hall–Kier alpha value is -9.54. The van der Waals surface area contributed by atoms with Crippen molar-refractivity contribution in [1.29, 1.82) is 0 Å². The molecule has 10 nitrogen and oxygen atoms in total. The molecule has 2 aliphatic rings. The summed E-state index contributed by atoms with van der Waals surface area (Å²) in [4.78, 5) is 80.2. The molecule has 0 atom stereocenters. The lowest BCUT2D eigenvalue weighted by Gasteiger charge is -2.18. The fourth-order valence-corrected chi connectivity index (χ4v) is 7.91. The average molecular weight is 891 g/mol. The van der Waals surface area contributed by atoms with Crippen LogP contribution in [-0.4, -0.2) is 35.4 Å². The molecule has 326 valence electrons. The van der Waals surface area contributed by atoms with Gasteiger partial charge in [-0.1, -0.05) is 146 Å². The van der Waals surface area contributed by atoms with Crippen molar-refractivity contribution in [3.63, 3.8) is 0 Å². The van der Waals surface area contributed by atoms with E-state index in [-0.39, 0.29) is 56.8 Å². The number of carbonyl (C=O) groups excluding carboxylic acids is 6. The van der Waals surface area contributed by atoms with Crippen molar-refractivity contribution in [2.75, 3.05) is 0 Å². The summed E-state index contributed by atoms with van der Waals surface area (Å²) in [7, 11) is 0. The first-order valence-corrected chi connectivity index (χ1v) is 21.4. The summed E-state index contributed by atoms with van der Waals surface area (Å²) in [5, 5.41) is 0. The zero-order valence-corrected chi connectivity index (χ0v) is 35.7. The molecule has 4 bridgehead atoms. The first kappa shape index (κ1) is 42.4. The van der Waals surface area contributed by atoms with Crippen LogP contribution in [0.3, 0.4) is 0 Å². The van der Waals surface area contributed by atoms with Crippen LogP contribution in [0.2, 0.25) is 0 Å². The van der Waals surface area contributed by atoms with E-state index in [0.29, 0.717) is 11.1 Å². The minimum atomic E-state index is -1.20. The number of rotatable bonds is 12. The van der Waals surface area contributed by atoms with E-state index in [1.807, 2.05) is 109 Å². The molecule has 0 spiro atoms. The molecule has 10 heteroatoms. The van der Waals surface area contributed by atoms with Gasteiger partial charge in [0.1, 0.15) is 22.6 Å². The van der Waals surface area contributed by atoms with E-state index in [9.17, 15) is 28.8 Å². The third-order valence-corrected chi connectivity index (χ3v) is 11.4. The van der Waals surface area contributed by atoms with Crippen molar-refractivity contribution < 1.29 is 47.7 Å². The summed E-state index contributed by atoms with van der Waals surface area (Å²) in [6, 6.07) is 53.0. The quantitative estimate of drug-likeness (QED) is 0.0504. The summed E-state index contributed by atoms with van der Waals surface area (Å²) in [5.41, 5.74) is 5.30. The van der Waals surface area contributed by atoms with Crippen LogP contribution in [0.25, 0.3) is 45.5 Å². The number of ether oxygens (including phenoxy) is 4. The number of carbonyl (C=O) groups is 6. The molecule has 68 heavy (non-hydrogen) atoms. The number of fused-ring (bicyclic) bond motifs is 5. The SMILES string of the molecule is O=C(C=Cc1ccc(-c2ccc(Oc3c4ccc5c3C(=O)OC(=O)c3c(ccc-4c3Oc3ccc(-c4ccc(C=CC(=O)c6ccccc6)cc4)cc3)C(=O)OC5=O)cc2)cc1)c1ccccc1. The van der Waals surface area contributed by atoms with Gasteiger partial charge in [-0.3, -0.25) is 9.59 Å². The minimum Gasteiger partial charge on any atom is -0.456 e. The van der Waals surface area contributed by atoms with Gasteiger partial charge in [-0.2, -0.15) is 0 Å². The molecule has 0 radical (unpaired) electrons. The Balaban J connectivity index is 0.943. The maximum atomic E-state index is 14.0. The molecule has 10 rings (SSSR count). The van der Waals surface area contributed by atoms with Gasteiger partial charge in [-0.05, 0) is 94.1 Å². The smallest absolute Gasteiger partial charge is 0.350 e. The number of ketones is 2. The molecule has 0 amide bonds. The van der Waals surface area contributed by atoms with Crippen LogP contribution < -0.4 is 9.47 Å². The Kier molecular flexibility index (Phi) is 11.3. The molecule has 0 unspecified atom stereocenters. The zero-order chi connectivity index (χ0) is 46.7. The molecular formula is C58H34O10. The highest BCUT2D eigenvalue weighted by Crippen LogP contribution is 2.48. The van der Waals surface area contributed by atoms with E-state index in [2.05, 4.69) is 0 Å². The van der Waals surface area contributed by atoms with Crippen molar-refractivity contribution in [2.24, 2.45) is 0 Å². The lowest BCUT2D eigenvalue weighted by molar-refractivity contribution is 0.0331. The van der Waals surface area contributed by atoms with E-state index in [0.717, 1.165) is 33.4 Å². The Morgan fingerprint density at radius 1 is 0.353 bits per heavy atom.